The number of nitrogens with zero attached hydrogens (tertiary/aromatic N) is 2. The summed E-state index contributed by atoms with van der Waals surface area (Å²) in [5.74, 6) is -0.0611. The number of aryl methyl sites for hydroxylation is 2. The first-order valence-electron chi connectivity index (χ1n) is 10.0. The van der Waals surface area contributed by atoms with Crippen molar-refractivity contribution in [3.05, 3.63) is 101 Å². The zero-order chi connectivity index (χ0) is 24.7. The molecule has 0 radical (unpaired) electrons. The molecule has 9 nitrogen and oxygen atoms in total. The molecule has 0 bridgehead atoms. The van der Waals surface area contributed by atoms with Gasteiger partial charge in [0.05, 0.1) is 37.3 Å². The lowest BCUT2D eigenvalue weighted by Gasteiger charge is -2.04. The van der Waals surface area contributed by atoms with E-state index in [2.05, 4.69) is 11.7 Å². The maximum atomic E-state index is 13.0. The van der Waals surface area contributed by atoms with Gasteiger partial charge in [-0.25, -0.2) is 4.68 Å². The smallest absolute Gasteiger partial charge is 0.280 e. The van der Waals surface area contributed by atoms with E-state index in [1.165, 1.54) is 35.0 Å². The normalized spacial score (nSPS) is 11.7. The van der Waals surface area contributed by atoms with Gasteiger partial charge in [0.2, 0.25) is 5.91 Å². The van der Waals surface area contributed by atoms with Crippen LogP contribution in [0.3, 0.4) is 0 Å². The zero-order valence-corrected chi connectivity index (χ0v) is 19.0. The minimum atomic E-state index is -0.681. The number of nitrogens with one attached hydrogen (secondary N) is 1. The van der Waals surface area contributed by atoms with Gasteiger partial charge in [-0.1, -0.05) is 18.2 Å². The van der Waals surface area contributed by atoms with E-state index in [9.17, 15) is 19.7 Å². The van der Waals surface area contributed by atoms with Crippen LogP contribution >= 0.6 is 11.6 Å². The monoisotopic (exact) mass is 478 g/mol. The number of aromatic nitrogens is 2. The fourth-order valence-corrected chi connectivity index (χ4v) is 3.80. The van der Waals surface area contributed by atoms with Crippen molar-refractivity contribution in [2.45, 2.75) is 13.8 Å². The fourth-order valence-electron chi connectivity index (χ4n) is 3.54. The summed E-state index contributed by atoms with van der Waals surface area (Å²) >= 11 is 6.10. The number of hydrogen-bond acceptors (Lipinski definition) is 5. The van der Waals surface area contributed by atoms with Gasteiger partial charge in [0.1, 0.15) is 11.5 Å². The van der Waals surface area contributed by atoms with Gasteiger partial charge in [-0.3, -0.25) is 24.8 Å². The minimum absolute atomic E-state index is 0.0675. The van der Waals surface area contributed by atoms with Crippen LogP contribution in [0.5, 0.6) is 0 Å². The third-order valence-corrected chi connectivity index (χ3v) is 5.78. The predicted octanol–water partition coefficient (Wildman–Crippen LogP) is 2.94. The number of carbonyl (C=O) groups is 1. The van der Waals surface area contributed by atoms with Crippen LogP contribution in [0.1, 0.15) is 27.2 Å². The molecule has 4 aromatic rings. The molecule has 0 saturated heterocycles. The number of rotatable bonds is 5. The molecule has 0 aliphatic rings. The Kier molecular flexibility index (Phi) is 5.72. The molecule has 2 aromatic carbocycles. The van der Waals surface area contributed by atoms with Crippen LogP contribution in [0.4, 0.5) is 5.69 Å². The van der Waals surface area contributed by atoms with E-state index in [1.54, 1.807) is 25.1 Å². The Bertz CT molecular complexity index is 1640. The van der Waals surface area contributed by atoms with E-state index in [0.717, 1.165) is 11.1 Å². The van der Waals surface area contributed by atoms with Gasteiger partial charge in [0.15, 0.2) is 0 Å². The number of nitrogens with two attached hydrogens (primary N) is 1. The third kappa shape index (κ3) is 4.04. The van der Waals surface area contributed by atoms with Gasteiger partial charge in [-0.15, -0.1) is 0 Å². The summed E-state index contributed by atoms with van der Waals surface area (Å²) in [6.07, 6.45) is 1.49. The topological polar surface area (TPSA) is 137 Å². The van der Waals surface area contributed by atoms with Gasteiger partial charge >= 0.3 is 0 Å². The minimum Gasteiger partial charge on any atom is -0.456 e. The molecule has 2 aromatic heterocycles. The van der Waals surface area contributed by atoms with E-state index in [-0.39, 0.29) is 21.5 Å². The van der Waals surface area contributed by atoms with Crippen LogP contribution in [-0.4, -0.2) is 20.6 Å². The van der Waals surface area contributed by atoms with Crippen molar-refractivity contribution in [1.82, 2.24) is 9.78 Å². The van der Waals surface area contributed by atoms with E-state index < -0.39 is 16.4 Å². The van der Waals surface area contributed by atoms with Gasteiger partial charge in [0, 0.05) is 6.07 Å². The molecular formula is C24H19ClN4O5. The van der Waals surface area contributed by atoms with Crippen molar-refractivity contribution in [2.75, 3.05) is 0 Å². The van der Waals surface area contributed by atoms with E-state index in [0.29, 0.717) is 28.1 Å². The van der Waals surface area contributed by atoms with Crippen molar-refractivity contribution in [3.8, 4) is 17.0 Å². The Labute approximate surface area is 197 Å². The zero-order valence-electron chi connectivity index (χ0n) is 18.2. The molecule has 34 heavy (non-hydrogen) atoms. The average molecular weight is 479 g/mol. The van der Waals surface area contributed by atoms with Crippen molar-refractivity contribution in [3.63, 3.8) is 0 Å². The van der Waals surface area contributed by atoms with Crippen LogP contribution < -0.4 is 21.9 Å². The van der Waals surface area contributed by atoms with Gasteiger partial charge in [0.25, 0.3) is 11.2 Å². The summed E-state index contributed by atoms with van der Waals surface area (Å²) < 4.78 is 7.05. The maximum absolute atomic E-state index is 13.0. The summed E-state index contributed by atoms with van der Waals surface area (Å²) in [4.78, 5) is 35.5. The number of primary amides is 1. The van der Waals surface area contributed by atoms with E-state index in [1.807, 2.05) is 6.92 Å². The van der Waals surface area contributed by atoms with Crippen LogP contribution in [0.15, 0.2) is 51.7 Å². The molecule has 0 aliphatic carbocycles. The Morgan fingerprint density at radius 1 is 1.21 bits per heavy atom. The summed E-state index contributed by atoms with van der Waals surface area (Å²) in [5.41, 5.74) is 7.32. The van der Waals surface area contributed by atoms with Crippen molar-refractivity contribution < 1.29 is 14.1 Å². The van der Waals surface area contributed by atoms with Crippen LogP contribution in [0.25, 0.3) is 29.7 Å². The average Bonchev–Trinajstić information content (AvgIpc) is 3.35. The number of hydrogen-bond donors (Lipinski definition) is 2. The first-order valence-corrected chi connectivity index (χ1v) is 10.4. The number of aromatic amines is 1. The lowest BCUT2D eigenvalue weighted by Crippen LogP contribution is -2.33. The number of amides is 1. The second kappa shape index (κ2) is 8.53. The number of H-pyrrole nitrogens is 1. The Morgan fingerprint density at radius 2 is 1.91 bits per heavy atom. The largest absolute Gasteiger partial charge is 0.456 e. The summed E-state index contributed by atoms with van der Waals surface area (Å²) in [6.45, 7) is 7.53. The van der Waals surface area contributed by atoms with Crippen LogP contribution in [-0.2, 0) is 0 Å². The molecule has 0 unspecified atom stereocenters. The Hall–Kier alpha value is -4.37. The molecule has 0 aliphatic heterocycles. The number of halogens is 1. The first-order chi connectivity index (χ1) is 16.1. The lowest BCUT2D eigenvalue weighted by atomic mass is 10.0. The van der Waals surface area contributed by atoms with Crippen LogP contribution in [0, 0.1) is 24.0 Å². The number of benzene rings is 2. The Balaban J connectivity index is 1.78. The molecule has 1 amide bonds. The highest BCUT2D eigenvalue weighted by Crippen LogP contribution is 2.33. The van der Waals surface area contributed by atoms with E-state index >= 15 is 0 Å². The van der Waals surface area contributed by atoms with Gasteiger partial charge in [-0.05, 0) is 67.4 Å². The third-order valence-electron chi connectivity index (χ3n) is 5.47. The lowest BCUT2D eigenvalue weighted by molar-refractivity contribution is -0.384. The highest BCUT2D eigenvalue weighted by atomic mass is 35.5. The SMILES string of the molecule is C=c1[nH]n(-c2ccc(C(N)=O)c(Cl)c2)c(=O)/c1=C\c1ccc(-c2cc(C)c(C)cc2[N+](=O)[O-])o1. The molecular weight excluding hydrogens is 460 g/mol. The van der Waals surface area contributed by atoms with Gasteiger partial charge < -0.3 is 10.2 Å². The molecule has 2 heterocycles. The molecule has 172 valence electrons. The maximum Gasteiger partial charge on any atom is 0.280 e. The van der Waals surface area contributed by atoms with Crippen molar-refractivity contribution in [2.24, 2.45) is 5.73 Å². The first kappa shape index (κ1) is 22.8. The second-order valence-electron chi connectivity index (χ2n) is 7.73. The number of furan rings is 1. The van der Waals surface area contributed by atoms with Crippen LogP contribution in [0.2, 0.25) is 5.02 Å². The summed E-state index contributed by atoms with van der Waals surface area (Å²) in [6, 6.07) is 10.8. The second-order valence-corrected chi connectivity index (χ2v) is 8.14. The molecule has 0 spiro atoms. The fraction of sp³-hybridized carbons (Fsp3) is 0.0833. The Morgan fingerprint density at radius 3 is 2.56 bits per heavy atom. The molecule has 10 heteroatoms. The number of carbonyl (C=O) groups excluding carboxylic acids is 1. The molecule has 0 fully saturated rings. The quantitative estimate of drug-likeness (QED) is 0.335. The standard InChI is InChI=1S/C24H19ClN4O5/c1-12-8-19(21(29(32)33)9-13(12)2)22-7-5-16(34-22)11-18-14(3)27-28(24(18)31)15-4-6-17(23(26)30)20(25)10-15/h4-11,27H,3H2,1-2H3,(H2,26,30)/b18-11-. The predicted molar refractivity (Wildman–Crippen MR) is 129 cm³/mol. The number of nitro groups is 1. The molecule has 0 atom stereocenters. The molecule has 4 rings (SSSR count). The molecule has 0 saturated carbocycles. The highest BCUT2D eigenvalue weighted by molar-refractivity contribution is 6.34. The van der Waals surface area contributed by atoms with Gasteiger partial charge in [-0.2, -0.15) is 0 Å². The molecule has 3 N–H and O–H groups in total. The summed E-state index contributed by atoms with van der Waals surface area (Å²) in [7, 11) is 0. The van der Waals surface area contributed by atoms with Crippen molar-refractivity contribution in [1.29, 1.82) is 0 Å². The van der Waals surface area contributed by atoms with Crippen molar-refractivity contribution >= 4 is 35.9 Å². The van der Waals surface area contributed by atoms with E-state index in [4.69, 9.17) is 21.8 Å². The highest BCUT2D eigenvalue weighted by Gasteiger charge is 2.20. The summed E-state index contributed by atoms with van der Waals surface area (Å²) in [5, 5.41) is 15.0. The number of nitro benzene ring substituents is 1.